The van der Waals surface area contributed by atoms with Crippen LogP contribution in [0.15, 0.2) is 4.52 Å². The minimum atomic E-state index is -0.236. The van der Waals surface area contributed by atoms with Gasteiger partial charge in [0.25, 0.3) is 0 Å². The fourth-order valence-electron chi connectivity index (χ4n) is 2.69. The van der Waals surface area contributed by atoms with Gasteiger partial charge in [0, 0.05) is 13.2 Å². The van der Waals surface area contributed by atoms with Gasteiger partial charge in [-0.3, -0.25) is 4.79 Å². The summed E-state index contributed by atoms with van der Waals surface area (Å²) in [5.41, 5.74) is 5.47. The molecule has 1 saturated carbocycles. The highest BCUT2D eigenvalue weighted by molar-refractivity contribution is 5.77. The van der Waals surface area contributed by atoms with Gasteiger partial charge in [-0.25, -0.2) is 0 Å². The van der Waals surface area contributed by atoms with Crippen molar-refractivity contribution in [2.45, 2.75) is 51.3 Å². The lowest BCUT2D eigenvalue weighted by Gasteiger charge is -2.31. The Hall–Kier alpha value is -1.47. The van der Waals surface area contributed by atoms with Crippen molar-refractivity contribution in [1.29, 1.82) is 0 Å². The first-order valence-corrected chi connectivity index (χ1v) is 6.98. The van der Waals surface area contributed by atoms with Crippen molar-refractivity contribution in [2.24, 2.45) is 11.7 Å². The van der Waals surface area contributed by atoms with Crippen LogP contribution in [0.4, 0.5) is 0 Å². The number of primary amides is 1. The van der Waals surface area contributed by atoms with Gasteiger partial charge >= 0.3 is 0 Å². The van der Waals surface area contributed by atoms with Crippen LogP contribution < -0.4 is 11.1 Å². The Bertz CT molecular complexity index is 449. The van der Waals surface area contributed by atoms with Crippen molar-refractivity contribution in [3.63, 3.8) is 0 Å². The van der Waals surface area contributed by atoms with Crippen LogP contribution in [-0.2, 0) is 16.1 Å². The predicted octanol–water partition coefficient (Wildman–Crippen LogP) is 0.911. The number of amides is 1. The second-order valence-corrected chi connectivity index (χ2v) is 5.27. The van der Waals surface area contributed by atoms with Gasteiger partial charge in [-0.15, -0.1) is 0 Å². The van der Waals surface area contributed by atoms with Crippen molar-refractivity contribution in [3.05, 3.63) is 11.7 Å². The Balaban J connectivity index is 1.97. The molecule has 1 aliphatic rings. The molecule has 0 aromatic carbocycles. The fourth-order valence-corrected chi connectivity index (χ4v) is 2.69. The van der Waals surface area contributed by atoms with Crippen LogP contribution in [0.3, 0.4) is 0 Å². The van der Waals surface area contributed by atoms with Gasteiger partial charge in [0.15, 0.2) is 5.82 Å². The number of methoxy groups -OCH3 is 1. The Morgan fingerprint density at radius 3 is 3.00 bits per heavy atom. The topological polar surface area (TPSA) is 103 Å². The van der Waals surface area contributed by atoms with E-state index in [2.05, 4.69) is 15.5 Å². The fraction of sp³-hybridized carbons (Fsp3) is 0.769. The molecule has 0 bridgehead atoms. The molecular weight excluding hydrogens is 260 g/mol. The molecule has 20 heavy (non-hydrogen) atoms. The van der Waals surface area contributed by atoms with E-state index in [4.69, 9.17) is 15.0 Å². The number of nitrogens with zero attached hydrogens (tertiary/aromatic N) is 2. The summed E-state index contributed by atoms with van der Waals surface area (Å²) >= 11 is 0. The number of hydrogen-bond acceptors (Lipinski definition) is 6. The number of ether oxygens (including phenoxy) is 1. The minimum Gasteiger partial charge on any atom is -0.377 e. The lowest BCUT2D eigenvalue weighted by molar-refractivity contribution is -0.123. The van der Waals surface area contributed by atoms with Crippen LogP contribution in [0.25, 0.3) is 0 Å². The highest BCUT2D eigenvalue weighted by Crippen LogP contribution is 2.26. The number of hydrogen-bond donors (Lipinski definition) is 2. The molecule has 0 spiro atoms. The van der Waals surface area contributed by atoms with Crippen LogP contribution in [-0.4, -0.2) is 29.2 Å². The molecule has 1 aliphatic carbocycles. The lowest BCUT2D eigenvalue weighted by Crippen LogP contribution is -2.45. The quantitative estimate of drug-likeness (QED) is 0.804. The van der Waals surface area contributed by atoms with E-state index in [1.165, 1.54) is 0 Å². The van der Waals surface area contributed by atoms with Crippen molar-refractivity contribution in [1.82, 2.24) is 15.5 Å². The summed E-state index contributed by atoms with van der Waals surface area (Å²) < 4.78 is 10.1. The van der Waals surface area contributed by atoms with E-state index >= 15 is 0 Å². The maximum absolute atomic E-state index is 11.5. The second-order valence-electron chi connectivity index (χ2n) is 5.27. The van der Waals surface area contributed by atoms with Crippen LogP contribution in [0.2, 0.25) is 0 Å². The highest BCUT2D eigenvalue weighted by atomic mass is 16.5. The van der Waals surface area contributed by atoms with Crippen molar-refractivity contribution < 1.29 is 14.1 Å². The molecule has 3 N–H and O–H groups in total. The third-order valence-electron chi connectivity index (χ3n) is 3.72. The molecule has 7 heteroatoms. The van der Waals surface area contributed by atoms with Crippen LogP contribution in [0.1, 0.15) is 50.4 Å². The Labute approximate surface area is 118 Å². The van der Waals surface area contributed by atoms with Gasteiger partial charge in [0.1, 0.15) is 6.61 Å². The summed E-state index contributed by atoms with van der Waals surface area (Å²) in [6.07, 6.45) is 3.95. The van der Waals surface area contributed by atoms with Crippen LogP contribution in [0.5, 0.6) is 0 Å². The average Bonchev–Trinajstić information content (AvgIpc) is 2.88. The predicted molar refractivity (Wildman–Crippen MR) is 71.5 cm³/mol. The first-order valence-electron chi connectivity index (χ1n) is 6.98. The summed E-state index contributed by atoms with van der Waals surface area (Å²) in [6.45, 7) is 2.26. The molecule has 112 valence electrons. The van der Waals surface area contributed by atoms with Gasteiger partial charge in [-0.05, 0) is 19.8 Å². The van der Waals surface area contributed by atoms with Gasteiger partial charge in [-0.1, -0.05) is 18.0 Å². The normalized spacial score (nSPS) is 24.5. The molecule has 1 fully saturated rings. The van der Waals surface area contributed by atoms with Gasteiger partial charge in [0.2, 0.25) is 11.8 Å². The first kappa shape index (κ1) is 14.9. The molecule has 3 unspecified atom stereocenters. The minimum absolute atomic E-state index is 0.0778. The molecule has 0 saturated heterocycles. The van der Waals surface area contributed by atoms with E-state index in [0.29, 0.717) is 18.3 Å². The standard InChI is InChI=1S/C13H22N4O3/c1-8(13-16-11(7-19-2)17-20-13)15-10-6-4-3-5-9(10)12(14)18/h8-10,15H,3-7H2,1-2H3,(H2,14,18). The first-order chi connectivity index (χ1) is 9.61. The molecule has 1 aromatic heterocycles. The molecule has 1 heterocycles. The molecule has 1 amide bonds. The summed E-state index contributed by atoms with van der Waals surface area (Å²) in [5, 5.41) is 7.22. The van der Waals surface area contributed by atoms with Crippen molar-refractivity contribution >= 4 is 5.91 Å². The molecule has 0 radical (unpaired) electrons. The zero-order chi connectivity index (χ0) is 14.5. The zero-order valence-electron chi connectivity index (χ0n) is 12.0. The van der Waals surface area contributed by atoms with Crippen LogP contribution >= 0.6 is 0 Å². The lowest BCUT2D eigenvalue weighted by atomic mass is 9.83. The summed E-state index contributed by atoms with van der Waals surface area (Å²) in [5.74, 6) is 0.671. The number of carbonyl (C=O) groups excluding carboxylic acids is 1. The number of carbonyl (C=O) groups is 1. The third-order valence-corrected chi connectivity index (χ3v) is 3.72. The summed E-state index contributed by atoms with van der Waals surface area (Å²) in [6, 6.07) is -0.0351. The molecular formula is C13H22N4O3. The number of nitrogens with two attached hydrogens (primary N) is 1. The summed E-state index contributed by atoms with van der Waals surface area (Å²) in [7, 11) is 1.58. The maximum atomic E-state index is 11.5. The van der Waals surface area contributed by atoms with Gasteiger partial charge < -0.3 is 20.3 Å². The van der Waals surface area contributed by atoms with Crippen molar-refractivity contribution in [2.75, 3.05) is 7.11 Å². The van der Waals surface area contributed by atoms with E-state index in [1.54, 1.807) is 7.11 Å². The average molecular weight is 282 g/mol. The molecule has 2 rings (SSSR count). The monoisotopic (exact) mass is 282 g/mol. The van der Waals surface area contributed by atoms with E-state index in [1.807, 2.05) is 6.92 Å². The molecule has 0 aliphatic heterocycles. The number of rotatable bonds is 6. The molecule has 7 nitrogen and oxygen atoms in total. The van der Waals surface area contributed by atoms with Gasteiger partial charge in [-0.2, -0.15) is 4.98 Å². The third kappa shape index (κ3) is 3.55. The summed E-state index contributed by atoms with van der Waals surface area (Å²) in [4.78, 5) is 15.7. The van der Waals surface area contributed by atoms with E-state index in [-0.39, 0.29) is 23.9 Å². The molecule has 3 atom stereocenters. The highest BCUT2D eigenvalue weighted by Gasteiger charge is 2.31. The zero-order valence-corrected chi connectivity index (χ0v) is 12.0. The Morgan fingerprint density at radius 2 is 2.30 bits per heavy atom. The Kier molecular flexibility index (Phi) is 5.08. The second kappa shape index (κ2) is 6.81. The van der Waals surface area contributed by atoms with Gasteiger partial charge in [0.05, 0.1) is 12.0 Å². The van der Waals surface area contributed by atoms with Crippen molar-refractivity contribution in [3.8, 4) is 0 Å². The number of aromatic nitrogens is 2. The molecule has 1 aromatic rings. The number of nitrogens with one attached hydrogen (secondary N) is 1. The largest absolute Gasteiger partial charge is 0.377 e. The van der Waals surface area contributed by atoms with E-state index in [0.717, 1.165) is 25.7 Å². The SMILES string of the molecule is COCc1noc(C(C)NC2CCCCC2C(N)=O)n1. The smallest absolute Gasteiger partial charge is 0.243 e. The van der Waals surface area contributed by atoms with Crippen LogP contribution in [0, 0.1) is 5.92 Å². The Morgan fingerprint density at radius 1 is 1.55 bits per heavy atom. The van der Waals surface area contributed by atoms with E-state index in [9.17, 15) is 4.79 Å². The maximum Gasteiger partial charge on any atom is 0.243 e. The van der Waals surface area contributed by atoms with E-state index < -0.39 is 0 Å².